The molecule has 2 rings (SSSR count). The maximum Gasteiger partial charge on any atom is 0.175 e. The molecule has 0 heterocycles. The molecule has 0 aromatic heterocycles. The molecule has 1 aromatic carbocycles. The predicted octanol–water partition coefficient (Wildman–Crippen LogP) is 1.33. The number of hydrogen-bond acceptors (Lipinski definition) is 3. The van der Waals surface area contributed by atoms with E-state index < -0.39 is 9.84 Å². The van der Waals surface area contributed by atoms with Crippen molar-refractivity contribution in [3.05, 3.63) is 29.8 Å². The van der Waals surface area contributed by atoms with Crippen LogP contribution in [0, 0.1) is 0 Å². The summed E-state index contributed by atoms with van der Waals surface area (Å²) >= 11 is 0. The van der Waals surface area contributed by atoms with Gasteiger partial charge in [0, 0.05) is 6.26 Å². The monoisotopic (exact) mass is 226 g/mol. The van der Waals surface area contributed by atoms with Crippen LogP contribution < -0.4 is 0 Å². The van der Waals surface area contributed by atoms with Crippen LogP contribution in [-0.4, -0.2) is 25.9 Å². The van der Waals surface area contributed by atoms with Gasteiger partial charge in [0.15, 0.2) is 9.84 Å². The summed E-state index contributed by atoms with van der Waals surface area (Å²) in [5, 5.41) is 9.17. The smallest absolute Gasteiger partial charge is 0.175 e. The molecule has 3 nitrogen and oxygen atoms in total. The molecule has 0 atom stereocenters. The van der Waals surface area contributed by atoms with Crippen molar-refractivity contribution in [3.63, 3.8) is 0 Å². The van der Waals surface area contributed by atoms with E-state index in [0.717, 1.165) is 18.4 Å². The van der Waals surface area contributed by atoms with Crippen LogP contribution >= 0.6 is 0 Å². The zero-order valence-electron chi connectivity index (χ0n) is 8.55. The van der Waals surface area contributed by atoms with Crippen LogP contribution in [0.25, 0.3) is 0 Å². The number of aliphatic hydroxyl groups excluding tert-OH is 1. The third-order valence-electron chi connectivity index (χ3n) is 2.89. The Labute approximate surface area is 89.7 Å². The molecule has 0 aliphatic heterocycles. The summed E-state index contributed by atoms with van der Waals surface area (Å²) in [6.45, 7) is 0. The molecule has 4 heteroatoms. The van der Waals surface area contributed by atoms with Crippen LogP contribution in [0.5, 0.6) is 0 Å². The van der Waals surface area contributed by atoms with Crippen molar-refractivity contribution in [1.82, 2.24) is 0 Å². The van der Waals surface area contributed by atoms with Gasteiger partial charge < -0.3 is 5.11 Å². The van der Waals surface area contributed by atoms with Gasteiger partial charge in [-0.1, -0.05) is 12.1 Å². The SMILES string of the molecule is CS(=O)(=O)c1ccc(C2CC(O)C2)cc1. The molecule has 0 radical (unpaired) electrons. The summed E-state index contributed by atoms with van der Waals surface area (Å²) in [6.07, 6.45) is 2.61. The zero-order chi connectivity index (χ0) is 11.1. The van der Waals surface area contributed by atoms with E-state index in [4.69, 9.17) is 5.11 Å². The Hall–Kier alpha value is -0.870. The minimum absolute atomic E-state index is 0.176. The van der Waals surface area contributed by atoms with E-state index in [1.165, 1.54) is 6.26 Å². The molecule has 0 bridgehead atoms. The number of hydrogen-bond donors (Lipinski definition) is 1. The van der Waals surface area contributed by atoms with Crippen molar-refractivity contribution in [3.8, 4) is 0 Å². The van der Waals surface area contributed by atoms with Crippen molar-refractivity contribution < 1.29 is 13.5 Å². The molecule has 0 unspecified atom stereocenters. The third kappa shape index (κ3) is 2.21. The molecule has 1 N–H and O–H groups in total. The fourth-order valence-corrected chi connectivity index (χ4v) is 2.48. The van der Waals surface area contributed by atoms with Crippen molar-refractivity contribution in [2.45, 2.75) is 29.8 Å². The van der Waals surface area contributed by atoms with Crippen molar-refractivity contribution in [2.75, 3.05) is 6.26 Å². The Morgan fingerprint density at radius 2 is 1.73 bits per heavy atom. The van der Waals surface area contributed by atoms with E-state index in [1.54, 1.807) is 12.1 Å². The second kappa shape index (κ2) is 3.61. The maximum atomic E-state index is 11.2. The van der Waals surface area contributed by atoms with E-state index in [0.29, 0.717) is 10.8 Å². The molecule has 1 aromatic rings. The van der Waals surface area contributed by atoms with Gasteiger partial charge in [0.2, 0.25) is 0 Å². The lowest BCUT2D eigenvalue weighted by atomic mass is 9.78. The second-order valence-corrected chi connectivity index (χ2v) is 6.18. The molecule has 15 heavy (non-hydrogen) atoms. The second-order valence-electron chi connectivity index (χ2n) is 4.16. The molecule has 0 saturated heterocycles. The van der Waals surface area contributed by atoms with E-state index >= 15 is 0 Å². The number of aliphatic hydroxyl groups is 1. The van der Waals surface area contributed by atoms with E-state index in [1.807, 2.05) is 12.1 Å². The van der Waals surface area contributed by atoms with Crippen LogP contribution in [0.3, 0.4) is 0 Å². The first-order valence-electron chi connectivity index (χ1n) is 4.95. The molecule has 0 spiro atoms. The van der Waals surface area contributed by atoms with Gasteiger partial charge in [0.25, 0.3) is 0 Å². The van der Waals surface area contributed by atoms with Gasteiger partial charge in [-0.05, 0) is 36.5 Å². The zero-order valence-corrected chi connectivity index (χ0v) is 9.37. The lowest BCUT2D eigenvalue weighted by Crippen LogP contribution is -2.26. The Kier molecular flexibility index (Phi) is 2.56. The molecule has 1 fully saturated rings. The first-order valence-corrected chi connectivity index (χ1v) is 6.84. The average Bonchev–Trinajstić information content (AvgIpc) is 2.12. The summed E-state index contributed by atoms with van der Waals surface area (Å²) in [5.74, 6) is 0.397. The molecule has 1 saturated carbocycles. The normalized spacial score (nSPS) is 26.0. The summed E-state index contributed by atoms with van der Waals surface area (Å²) in [7, 11) is -3.09. The molecule has 1 aliphatic carbocycles. The summed E-state index contributed by atoms with van der Waals surface area (Å²) in [6, 6.07) is 6.95. The van der Waals surface area contributed by atoms with Crippen molar-refractivity contribution in [2.24, 2.45) is 0 Å². The Balaban J connectivity index is 2.18. The first kappa shape index (κ1) is 10.6. The van der Waals surface area contributed by atoms with E-state index in [-0.39, 0.29) is 6.10 Å². The predicted molar refractivity (Wildman–Crippen MR) is 57.5 cm³/mol. The number of sulfone groups is 1. The van der Waals surface area contributed by atoms with E-state index in [9.17, 15) is 8.42 Å². The fourth-order valence-electron chi connectivity index (χ4n) is 1.85. The maximum absolute atomic E-state index is 11.2. The lowest BCUT2D eigenvalue weighted by molar-refractivity contribution is 0.0746. The van der Waals surface area contributed by atoms with Crippen LogP contribution in [0.4, 0.5) is 0 Å². The molecular weight excluding hydrogens is 212 g/mol. The van der Waals surface area contributed by atoms with Gasteiger partial charge in [-0.3, -0.25) is 0 Å². The Morgan fingerprint density at radius 1 is 1.20 bits per heavy atom. The molecular formula is C11H14O3S. The van der Waals surface area contributed by atoms with Crippen molar-refractivity contribution in [1.29, 1.82) is 0 Å². The largest absolute Gasteiger partial charge is 0.393 e. The van der Waals surface area contributed by atoms with Gasteiger partial charge in [-0.15, -0.1) is 0 Å². The quantitative estimate of drug-likeness (QED) is 0.827. The lowest BCUT2D eigenvalue weighted by Gasteiger charge is -2.31. The summed E-state index contributed by atoms with van der Waals surface area (Å²) in [4.78, 5) is 0.353. The highest BCUT2D eigenvalue weighted by Gasteiger charge is 2.28. The van der Waals surface area contributed by atoms with Gasteiger partial charge in [-0.2, -0.15) is 0 Å². The van der Waals surface area contributed by atoms with Crippen molar-refractivity contribution >= 4 is 9.84 Å². The van der Waals surface area contributed by atoms with Gasteiger partial charge >= 0.3 is 0 Å². The summed E-state index contributed by atoms with van der Waals surface area (Å²) in [5.41, 5.74) is 1.12. The summed E-state index contributed by atoms with van der Waals surface area (Å²) < 4.78 is 22.4. The highest BCUT2D eigenvalue weighted by molar-refractivity contribution is 7.90. The van der Waals surface area contributed by atoms with Crippen LogP contribution in [-0.2, 0) is 9.84 Å². The molecule has 0 amide bonds. The van der Waals surface area contributed by atoms with Gasteiger partial charge in [0.05, 0.1) is 11.0 Å². The molecule has 82 valence electrons. The van der Waals surface area contributed by atoms with Crippen LogP contribution in [0.2, 0.25) is 0 Å². The first-order chi connectivity index (χ1) is 6.97. The van der Waals surface area contributed by atoms with Crippen LogP contribution in [0.15, 0.2) is 29.2 Å². The third-order valence-corrected chi connectivity index (χ3v) is 4.02. The Bertz CT molecular complexity index is 441. The number of benzene rings is 1. The van der Waals surface area contributed by atoms with Crippen LogP contribution in [0.1, 0.15) is 24.3 Å². The molecule has 1 aliphatic rings. The topological polar surface area (TPSA) is 54.4 Å². The van der Waals surface area contributed by atoms with Gasteiger partial charge in [-0.25, -0.2) is 8.42 Å². The van der Waals surface area contributed by atoms with E-state index in [2.05, 4.69) is 0 Å². The highest BCUT2D eigenvalue weighted by atomic mass is 32.2. The minimum Gasteiger partial charge on any atom is -0.393 e. The standard InChI is InChI=1S/C11H14O3S/c1-15(13,14)11-4-2-8(3-5-11)9-6-10(12)7-9/h2-5,9-10,12H,6-7H2,1H3. The number of rotatable bonds is 2. The van der Waals surface area contributed by atoms with Gasteiger partial charge in [0.1, 0.15) is 0 Å². The Morgan fingerprint density at radius 3 is 2.13 bits per heavy atom. The fraction of sp³-hybridized carbons (Fsp3) is 0.455. The minimum atomic E-state index is -3.09. The average molecular weight is 226 g/mol. The highest BCUT2D eigenvalue weighted by Crippen LogP contribution is 2.36.